The molecule has 168 valence electrons. The molecule has 2 atom stereocenters. The second-order valence-electron chi connectivity index (χ2n) is 7.71. The summed E-state index contributed by atoms with van der Waals surface area (Å²) in [5, 5.41) is 0. The van der Waals surface area contributed by atoms with Crippen LogP contribution in [0.1, 0.15) is 47.4 Å². The van der Waals surface area contributed by atoms with E-state index in [9.17, 15) is 14.4 Å². The molecule has 3 rings (SSSR count). The number of rotatable bonds is 10. The van der Waals surface area contributed by atoms with Crippen LogP contribution in [0.15, 0.2) is 97.6 Å². The highest BCUT2D eigenvalue weighted by Gasteiger charge is 2.25. The van der Waals surface area contributed by atoms with Crippen molar-refractivity contribution in [3.8, 4) is 5.75 Å². The maximum absolute atomic E-state index is 12.5. The first kappa shape index (κ1) is 23.7. The average Bonchev–Trinajstić information content (AvgIpc) is 2.86. The summed E-state index contributed by atoms with van der Waals surface area (Å²) in [6.07, 6.45) is 0.728. The molecular formula is C28H26O5. The van der Waals surface area contributed by atoms with Crippen LogP contribution < -0.4 is 4.74 Å². The lowest BCUT2D eigenvalue weighted by atomic mass is 9.92. The summed E-state index contributed by atoms with van der Waals surface area (Å²) >= 11 is 0. The highest BCUT2D eigenvalue weighted by atomic mass is 16.7. The number of hydrogen-bond donors (Lipinski definition) is 0. The number of carbonyl (C=O) groups excluding carboxylic acids is 3. The topological polar surface area (TPSA) is 69.7 Å². The third-order valence-electron chi connectivity index (χ3n) is 5.30. The first-order valence-corrected chi connectivity index (χ1v) is 10.8. The Morgan fingerprint density at radius 2 is 1.42 bits per heavy atom. The Labute approximate surface area is 193 Å². The van der Waals surface area contributed by atoms with Gasteiger partial charge in [0, 0.05) is 17.5 Å². The van der Waals surface area contributed by atoms with Gasteiger partial charge in [-0.2, -0.15) is 0 Å². The molecule has 0 heterocycles. The van der Waals surface area contributed by atoms with Gasteiger partial charge in [-0.15, -0.1) is 0 Å². The average molecular weight is 443 g/mol. The van der Waals surface area contributed by atoms with E-state index in [0.717, 1.165) is 5.56 Å². The van der Waals surface area contributed by atoms with Crippen molar-refractivity contribution in [2.45, 2.75) is 25.9 Å². The highest BCUT2D eigenvalue weighted by Crippen LogP contribution is 2.30. The third kappa shape index (κ3) is 6.74. The molecule has 5 nitrogen and oxygen atoms in total. The van der Waals surface area contributed by atoms with Gasteiger partial charge in [0.05, 0.1) is 0 Å². The van der Waals surface area contributed by atoms with Crippen LogP contribution in [0.25, 0.3) is 0 Å². The van der Waals surface area contributed by atoms with Crippen LogP contribution in [0.2, 0.25) is 0 Å². The van der Waals surface area contributed by atoms with Crippen molar-refractivity contribution in [1.82, 2.24) is 0 Å². The lowest BCUT2D eigenvalue weighted by molar-refractivity contribution is -0.115. The molecule has 0 bridgehead atoms. The van der Waals surface area contributed by atoms with Crippen molar-refractivity contribution >= 4 is 17.7 Å². The van der Waals surface area contributed by atoms with Crippen molar-refractivity contribution in [2.75, 3.05) is 0 Å². The van der Waals surface area contributed by atoms with Crippen LogP contribution in [0.5, 0.6) is 5.75 Å². The van der Waals surface area contributed by atoms with Crippen LogP contribution >= 0.6 is 0 Å². The SMILES string of the molecule is C=CC(=O)CCC(C)C(OC(=O)Oc1ccc(C(=O)c2ccccc2)cc1)c1ccccc1. The van der Waals surface area contributed by atoms with Crippen molar-refractivity contribution in [3.63, 3.8) is 0 Å². The molecule has 0 aliphatic carbocycles. The standard InChI is InChI=1S/C28H26O5/c1-3-24(29)17-14-20(2)27(23-12-8-5-9-13-23)33-28(31)32-25-18-15-22(16-19-25)26(30)21-10-6-4-7-11-21/h3-13,15-16,18-20,27H,1,14,17H2,2H3. The predicted molar refractivity (Wildman–Crippen MR) is 126 cm³/mol. The van der Waals surface area contributed by atoms with Gasteiger partial charge < -0.3 is 9.47 Å². The van der Waals surface area contributed by atoms with Gasteiger partial charge in [0.2, 0.25) is 0 Å². The Morgan fingerprint density at radius 1 is 0.848 bits per heavy atom. The summed E-state index contributed by atoms with van der Waals surface area (Å²) in [6.45, 7) is 5.42. The predicted octanol–water partition coefficient (Wildman–Crippen LogP) is 6.35. The number of hydrogen-bond acceptors (Lipinski definition) is 5. The molecule has 2 unspecified atom stereocenters. The fraction of sp³-hybridized carbons (Fsp3) is 0.179. The fourth-order valence-corrected chi connectivity index (χ4v) is 3.43. The lowest BCUT2D eigenvalue weighted by Gasteiger charge is -2.24. The van der Waals surface area contributed by atoms with Crippen LogP contribution in [0.4, 0.5) is 4.79 Å². The Hall–Kier alpha value is -3.99. The molecule has 0 N–H and O–H groups in total. The van der Waals surface area contributed by atoms with E-state index in [2.05, 4.69) is 6.58 Å². The monoisotopic (exact) mass is 442 g/mol. The summed E-state index contributed by atoms with van der Waals surface area (Å²) in [6, 6.07) is 24.6. The third-order valence-corrected chi connectivity index (χ3v) is 5.30. The molecule has 0 radical (unpaired) electrons. The fourth-order valence-electron chi connectivity index (χ4n) is 3.43. The van der Waals surface area contributed by atoms with E-state index in [1.165, 1.54) is 6.08 Å². The molecule has 0 saturated carbocycles. The van der Waals surface area contributed by atoms with Crippen molar-refractivity contribution in [2.24, 2.45) is 5.92 Å². The zero-order chi connectivity index (χ0) is 23.6. The minimum absolute atomic E-state index is 0.0543. The molecule has 0 aliphatic rings. The van der Waals surface area contributed by atoms with E-state index in [1.54, 1.807) is 48.5 Å². The Bertz CT molecular complexity index is 1090. The molecule has 3 aromatic carbocycles. The van der Waals surface area contributed by atoms with Crippen LogP contribution in [-0.2, 0) is 9.53 Å². The zero-order valence-electron chi connectivity index (χ0n) is 18.5. The summed E-state index contributed by atoms with van der Waals surface area (Å²) in [7, 11) is 0. The minimum Gasteiger partial charge on any atom is -0.425 e. The molecule has 0 fully saturated rings. The number of carbonyl (C=O) groups is 3. The van der Waals surface area contributed by atoms with E-state index < -0.39 is 12.3 Å². The Morgan fingerprint density at radius 3 is 2.03 bits per heavy atom. The maximum atomic E-state index is 12.5. The van der Waals surface area contributed by atoms with E-state index in [4.69, 9.17) is 9.47 Å². The van der Waals surface area contributed by atoms with Crippen LogP contribution in [0.3, 0.4) is 0 Å². The van der Waals surface area contributed by atoms with Crippen molar-refractivity contribution in [3.05, 3.63) is 114 Å². The Kier molecular flexibility index (Phi) is 8.30. The van der Waals surface area contributed by atoms with Gasteiger partial charge in [-0.25, -0.2) is 4.79 Å². The lowest BCUT2D eigenvalue weighted by Crippen LogP contribution is -2.21. The van der Waals surface area contributed by atoms with Gasteiger partial charge in [0.15, 0.2) is 11.6 Å². The molecule has 0 spiro atoms. The molecule has 3 aromatic rings. The smallest absolute Gasteiger partial charge is 0.425 e. The maximum Gasteiger partial charge on any atom is 0.514 e. The summed E-state index contributed by atoms with van der Waals surface area (Å²) in [5.74, 6) is -0.0150. The first-order valence-electron chi connectivity index (χ1n) is 10.8. The van der Waals surface area contributed by atoms with Crippen molar-refractivity contribution < 1.29 is 23.9 Å². The number of ketones is 2. The van der Waals surface area contributed by atoms with Gasteiger partial charge in [-0.3, -0.25) is 9.59 Å². The van der Waals surface area contributed by atoms with Crippen LogP contribution in [-0.4, -0.2) is 17.7 Å². The first-order chi connectivity index (χ1) is 16.0. The molecule has 33 heavy (non-hydrogen) atoms. The molecule has 0 saturated heterocycles. The molecule has 5 heteroatoms. The van der Waals surface area contributed by atoms with E-state index in [0.29, 0.717) is 24.0 Å². The molecular weight excluding hydrogens is 416 g/mol. The van der Waals surface area contributed by atoms with E-state index >= 15 is 0 Å². The van der Waals surface area contributed by atoms with Gasteiger partial charge >= 0.3 is 6.16 Å². The number of benzene rings is 3. The van der Waals surface area contributed by atoms with Gasteiger partial charge in [-0.1, -0.05) is 74.2 Å². The summed E-state index contributed by atoms with van der Waals surface area (Å²) < 4.78 is 11.0. The van der Waals surface area contributed by atoms with Crippen LogP contribution in [0, 0.1) is 5.92 Å². The highest BCUT2D eigenvalue weighted by molar-refractivity contribution is 6.09. The van der Waals surface area contributed by atoms with E-state index in [-0.39, 0.29) is 23.2 Å². The number of allylic oxidation sites excluding steroid dienone is 1. The van der Waals surface area contributed by atoms with Gasteiger partial charge in [0.1, 0.15) is 11.9 Å². The molecule has 0 aliphatic heterocycles. The zero-order valence-corrected chi connectivity index (χ0v) is 18.5. The second kappa shape index (κ2) is 11.6. The van der Waals surface area contributed by atoms with Gasteiger partial charge in [-0.05, 0) is 48.2 Å². The van der Waals surface area contributed by atoms with Crippen molar-refractivity contribution in [1.29, 1.82) is 0 Å². The normalized spacial score (nSPS) is 12.3. The summed E-state index contributed by atoms with van der Waals surface area (Å²) in [5.41, 5.74) is 1.89. The van der Waals surface area contributed by atoms with Gasteiger partial charge in [0.25, 0.3) is 0 Å². The molecule has 0 aromatic heterocycles. The Balaban J connectivity index is 1.66. The summed E-state index contributed by atoms with van der Waals surface area (Å²) in [4.78, 5) is 36.7. The minimum atomic E-state index is -0.854. The quantitative estimate of drug-likeness (QED) is 0.158. The second-order valence-corrected chi connectivity index (χ2v) is 7.71. The number of ether oxygens (including phenoxy) is 2. The molecule has 0 amide bonds. The largest absolute Gasteiger partial charge is 0.514 e. The van der Waals surface area contributed by atoms with E-state index in [1.807, 2.05) is 43.3 Å².